The van der Waals surface area contributed by atoms with Crippen LogP contribution in [-0.4, -0.2) is 5.57 Å². The molecule has 0 saturated heterocycles. The molecule has 0 nitrogen and oxygen atoms in total. The van der Waals surface area contributed by atoms with Gasteiger partial charge in [-0.3, -0.25) is 0 Å². The summed E-state index contributed by atoms with van der Waals surface area (Å²) in [5.74, 6) is 0. The molecule has 0 aromatic heterocycles. The summed E-state index contributed by atoms with van der Waals surface area (Å²) in [7, 11) is 0. The highest BCUT2D eigenvalue weighted by Crippen LogP contribution is 2.39. The summed E-state index contributed by atoms with van der Waals surface area (Å²) in [6.45, 7) is 5.01. The van der Waals surface area contributed by atoms with Crippen LogP contribution in [0.3, 0.4) is 0 Å². The first-order valence-corrected chi connectivity index (χ1v) is 10.5. The Hall–Kier alpha value is 0.947. The standard InChI is InChI=1S/C8H17ISi/c1-10(2,9)8-6-4-3-5-7-8/h8H,3-7H2,1-2H3. The molecule has 1 fully saturated rings. The molecule has 10 heavy (non-hydrogen) atoms. The van der Waals surface area contributed by atoms with Gasteiger partial charge in [0.1, 0.15) is 5.57 Å². The van der Waals surface area contributed by atoms with E-state index in [4.69, 9.17) is 0 Å². The van der Waals surface area contributed by atoms with Crippen molar-refractivity contribution in [3.63, 3.8) is 0 Å². The first-order chi connectivity index (χ1) is 4.61. The fourth-order valence-corrected chi connectivity index (χ4v) is 5.44. The van der Waals surface area contributed by atoms with Gasteiger partial charge in [-0.2, -0.15) is 0 Å². The Morgan fingerprint density at radius 3 is 1.90 bits per heavy atom. The van der Waals surface area contributed by atoms with E-state index in [1.807, 2.05) is 0 Å². The monoisotopic (exact) mass is 268 g/mol. The molecule has 0 atom stereocenters. The highest BCUT2D eigenvalue weighted by atomic mass is 127. The quantitative estimate of drug-likeness (QED) is 0.383. The van der Waals surface area contributed by atoms with Crippen molar-refractivity contribution in [2.75, 3.05) is 0 Å². The number of halogens is 1. The molecule has 0 radical (unpaired) electrons. The van der Waals surface area contributed by atoms with Crippen LogP contribution >= 0.6 is 21.8 Å². The molecule has 0 amide bonds. The fraction of sp³-hybridized carbons (Fsp3) is 1.00. The molecule has 1 saturated carbocycles. The van der Waals surface area contributed by atoms with E-state index in [2.05, 4.69) is 34.9 Å². The van der Waals surface area contributed by atoms with Gasteiger partial charge in [0.2, 0.25) is 0 Å². The van der Waals surface area contributed by atoms with E-state index in [9.17, 15) is 0 Å². The van der Waals surface area contributed by atoms with Gasteiger partial charge < -0.3 is 0 Å². The zero-order chi connectivity index (χ0) is 7.61. The van der Waals surface area contributed by atoms with E-state index in [0.717, 1.165) is 5.54 Å². The Bertz CT molecular complexity index is 100. The molecule has 0 unspecified atom stereocenters. The third kappa shape index (κ3) is 2.53. The number of rotatable bonds is 1. The van der Waals surface area contributed by atoms with E-state index in [-0.39, 0.29) is 0 Å². The summed E-state index contributed by atoms with van der Waals surface area (Å²) in [6.07, 6.45) is 7.57. The smallest absolute Gasteiger partial charge is 0.119 e. The van der Waals surface area contributed by atoms with Crippen molar-refractivity contribution in [3.05, 3.63) is 0 Å². The van der Waals surface area contributed by atoms with Gasteiger partial charge in [0.25, 0.3) is 0 Å². The van der Waals surface area contributed by atoms with E-state index >= 15 is 0 Å². The van der Waals surface area contributed by atoms with Crippen molar-refractivity contribution in [1.29, 1.82) is 0 Å². The molecule has 2 heteroatoms. The van der Waals surface area contributed by atoms with Gasteiger partial charge >= 0.3 is 0 Å². The second-order valence-electron chi connectivity index (χ2n) is 3.90. The van der Waals surface area contributed by atoms with Gasteiger partial charge in [0.05, 0.1) is 0 Å². The molecule has 0 bridgehead atoms. The third-order valence-electron chi connectivity index (χ3n) is 2.58. The van der Waals surface area contributed by atoms with Crippen molar-refractivity contribution in [3.8, 4) is 0 Å². The molecule has 60 valence electrons. The lowest BCUT2D eigenvalue weighted by Crippen LogP contribution is -2.26. The van der Waals surface area contributed by atoms with Crippen molar-refractivity contribution in [1.82, 2.24) is 0 Å². The van der Waals surface area contributed by atoms with Crippen LogP contribution in [-0.2, 0) is 0 Å². The second kappa shape index (κ2) is 3.56. The van der Waals surface area contributed by atoms with Crippen molar-refractivity contribution in [2.24, 2.45) is 0 Å². The van der Waals surface area contributed by atoms with Gasteiger partial charge in [0.15, 0.2) is 0 Å². The maximum absolute atomic E-state index is 2.73. The van der Waals surface area contributed by atoms with Gasteiger partial charge in [-0.1, -0.05) is 45.2 Å². The van der Waals surface area contributed by atoms with Crippen LogP contribution in [0, 0.1) is 0 Å². The molecule has 0 aromatic carbocycles. The lowest BCUT2D eigenvalue weighted by molar-refractivity contribution is 0.497. The molecule has 0 aliphatic heterocycles. The fourth-order valence-electron chi connectivity index (χ4n) is 1.79. The zero-order valence-electron chi connectivity index (χ0n) is 6.99. The first-order valence-electron chi connectivity index (χ1n) is 4.29. The minimum atomic E-state index is -0.786. The van der Waals surface area contributed by atoms with E-state index in [0.29, 0.717) is 0 Å². The number of hydrogen-bond acceptors (Lipinski definition) is 0. The Balaban J connectivity index is 2.39. The Kier molecular flexibility index (Phi) is 3.22. The average molecular weight is 268 g/mol. The second-order valence-corrected chi connectivity index (χ2v) is 16.2. The normalized spacial score (nSPS) is 23.1. The summed E-state index contributed by atoms with van der Waals surface area (Å²) in [5.41, 5.74) is 0.340. The van der Waals surface area contributed by atoms with Crippen LogP contribution in [0.4, 0.5) is 0 Å². The lowest BCUT2D eigenvalue weighted by Gasteiger charge is -2.30. The van der Waals surface area contributed by atoms with Crippen LogP contribution < -0.4 is 0 Å². The van der Waals surface area contributed by atoms with Crippen LogP contribution in [0.2, 0.25) is 18.6 Å². The van der Waals surface area contributed by atoms with Crippen LogP contribution in [0.15, 0.2) is 0 Å². The summed E-state index contributed by atoms with van der Waals surface area (Å²) in [5, 5.41) is 0. The largest absolute Gasteiger partial charge is 0.122 e. The molecular weight excluding hydrogens is 251 g/mol. The van der Waals surface area contributed by atoms with Crippen molar-refractivity contribution < 1.29 is 0 Å². The molecule has 0 heterocycles. The van der Waals surface area contributed by atoms with Gasteiger partial charge in [-0.05, 0) is 5.54 Å². The predicted octanol–water partition coefficient (Wildman–Crippen LogP) is 3.96. The molecule has 1 aliphatic carbocycles. The maximum Gasteiger partial charge on any atom is 0.122 e. The average Bonchev–Trinajstić information content (AvgIpc) is 1.88. The lowest BCUT2D eigenvalue weighted by atomic mass is 10.0. The van der Waals surface area contributed by atoms with Crippen LogP contribution in [0.25, 0.3) is 0 Å². The van der Waals surface area contributed by atoms with E-state index < -0.39 is 5.57 Å². The summed E-state index contributed by atoms with van der Waals surface area (Å²) in [4.78, 5) is 0. The van der Waals surface area contributed by atoms with Gasteiger partial charge in [-0.15, -0.1) is 21.8 Å². The topological polar surface area (TPSA) is 0 Å². The molecule has 0 N–H and O–H groups in total. The van der Waals surface area contributed by atoms with Crippen LogP contribution in [0.1, 0.15) is 32.1 Å². The minimum absolute atomic E-state index is 0.786. The van der Waals surface area contributed by atoms with Crippen LogP contribution in [0.5, 0.6) is 0 Å². The third-order valence-corrected chi connectivity index (χ3v) is 7.74. The van der Waals surface area contributed by atoms with E-state index in [1.54, 1.807) is 0 Å². The Labute approximate surface area is 78.0 Å². The SMILES string of the molecule is C[Si](C)(I)C1CCCCC1. The van der Waals surface area contributed by atoms with Crippen molar-refractivity contribution in [2.45, 2.75) is 50.7 Å². The molecular formula is C8H17ISi. The first kappa shape index (κ1) is 9.04. The molecule has 1 aliphatic rings. The maximum atomic E-state index is 2.73. The van der Waals surface area contributed by atoms with Gasteiger partial charge in [-0.25, -0.2) is 0 Å². The Morgan fingerprint density at radius 1 is 1.10 bits per heavy atom. The minimum Gasteiger partial charge on any atom is -0.119 e. The number of hydrogen-bond donors (Lipinski definition) is 0. The predicted molar refractivity (Wildman–Crippen MR) is 58.3 cm³/mol. The zero-order valence-corrected chi connectivity index (χ0v) is 10.1. The summed E-state index contributed by atoms with van der Waals surface area (Å²) in [6, 6.07) is 0. The molecule has 1 rings (SSSR count). The van der Waals surface area contributed by atoms with Crippen molar-refractivity contribution >= 4 is 27.4 Å². The summed E-state index contributed by atoms with van der Waals surface area (Å²) < 4.78 is 0. The Morgan fingerprint density at radius 2 is 1.60 bits per heavy atom. The van der Waals surface area contributed by atoms with Gasteiger partial charge in [0, 0.05) is 0 Å². The highest BCUT2D eigenvalue weighted by molar-refractivity contribution is 14.1. The molecule has 0 spiro atoms. The summed E-state index contributed by atoms with van der Waals surface area (Å²) >= 11 is 2.73. The van der Waals surface area contributed by atoms with E-state index in [1.165, 1.54) is 32.1 Å². The molecule has 0 aromatic rings. The highest BCUT2D eigenvalue weighted by Gasteiger charge is 2.29.